The third-order valence-electron chi connectivity index (χ3n) is 2.74. The number of furan rings is 1. The summed E-state index contributed by atoms with van der Waals surface area (Å²) >= 11 is 0. The number of ketones is 1. The summed E-state index contributed by atoms with van der Waals surface area (Å²) in [6.45, 7) is 2.73. The Labute approximate surface area is 117 Å². The molecule has 0 atom stereocenters. The average molecular weight is 275 g/mol. The van der Waals surface area contributed by atoms with E-state index in [2.05, 4.69) is 0 Å². The number of nitrogen functional groups attached to an aromatic ring is 1. The lowest BCUT2D eigenvalue weighted by atomic mass is 10.1. The molecule has 106 valence electrons. The summed E-state index contributed by atoms with van der Waals surface area (Å²) in [4.78, 5) is 12.3. The molecule has 0 saturated carbocycles. The van der Waals surface area contributed by atoms with Crippen LogP contribution in [-0.2, 0) is 11.3 Å². The maximum absolute atomic E-state index is 12.3. The van der Waals surface area contributed by atoms with Gasteiger partial charge in [-0.15, -0.1) is 0 Å². The monoisotopic (exact) mass is 275 g/mol. The molecular weight excluding hydrogens is 258 g/mol. The van der Waals surface area contributed by atoms with E-state index in [1.54, 1.807) is 37.4 Å². The number of hydrogen-bond acceptors (Lipinski definition) is 5. The van der Waals surface area contributed by atoms with Crippen LogP contribution in [0, 0.1) is 0 Å². The standard InChI is InChI=1S/C15H17NO4/c1-3-19-13-6-4-10(8-12(13)16)15(17)14-7-5-11(20-14)9-18-2/h4-8H,3,9,16H2,1-2H3. The van der Waals surface area contributed by atoms with Gasteiger partial charge in [-0.3, -0.25) is 4.79 Å². The van der Waals surface area contributed by atoms with E-state index in [4.69, 9.17) is 19.6 Å². The summed E-state index contributed by atoms with van der Waals surface area (Å²) in [5, 5.41) is 0. The van der Waals surface area contributed by atoms with Crippen LogP contribution in [0.15, 0.2) is 34.7 Å². The minimum atomic E-state index is -0.220. The molecule has 0 aliphatic rings. The topological polar surface area (TPSA) is 74.7 Å². The number of ether oxygens (including phenoxy) is 2. The van der Waals surface area contributed by atoms with E-state index >= 15 is 0 Å². The van der Waals surface area contributed by atoms with E-state index in [0.29, 0.717) is 36.0 Å². The van der Waals surface area contributed by atoms with E-state index in [1.807, 2.05) is 6.92 Å². The minimum Gasteiger partial charge on any atom is -0.492 e. The van der Waals surface area contributed by atoms with Crippen molar-refractivity contribution in [2.75, 3.05) is 19.5 Å². The molecule has 0 bridgehead atoms. The molecular formula is C15H17NO4. The summed E-state index contributed by atoms with van der Waals surface area (Å²) in [5.74, 6) is 1.22. The number of methoxy groups -OCH3 is 1. The quantitative estimate of drug-likeness (QED) is 0.648. The third kappa shape index (κ3) is 3.00. The fraction of sp³-hybridized carbons (Fsp3) is 0.267. The van der Waals surface area contributed by atoms with Crippen molar-refractivity contribution >= 4 is 11.5 Å². The molecule has 0 fully saturated rings. The molecule has 2 aromatic rings. The fourth-order valence-electron chi connectivity index (χ4n) is 1.84. The van der Waals surface area contributed by atoms with Crippen molar-refractivity contribution in [3.05, 3.63) is 47.4 Å². The Bertz CT molecular complexity index is 604. The molecule has 5 heteroatoms. The van der Waals surface area contributed by atoms with E-state index < -0.39 is 0 Å². The van der Waals surface area contributed by atoms with Crippen LogP contribution < -0.4 is 10.5 Å². The summed E-state index contributed by atoms with van der Waals surface area (Å²) in [6.07, 6.45) is 0. The first kappa shape index (κ1) is 14.1. The summed E-state index contributed by atoms with van der Waals surface area (Å²) < 4.78 is 15.7. The number of anilines is 1. The number of benzene rings is 1. The van der Waals surface area contributed by atoms with Gasteiger partial charge in [0.2, 0.25) is 5.78 Å². The predicted octanol–water partition coefficient (Wildman–Crippen LogP) is 2.64. The third-order valence-corrected chi connectivity index (χ3v) is 2.74. The maximum Gasteiger partial charge on any atom is 0.228 e. The maximum atomic E-state index is 12.3. The van der Waals surface area contributed by atoms with Crippen LogP contribution in [0.4, 0.5) is 5.69 Å². The van der Waals surface area contributed by atoms with Crippen LogP contribution in [0.5, 0.6) is 5.75 Å². The Hall–Kier alpha value is -2.27. The smallest absolute Gasteiger partial charge is 0.228 e. The molecule has 2 rings (SSSR count). The molecule has 0 saturated heterocycles. The van der Waals surface area contributed by atoms with Crippen molar-refractivity contribution in [1.29, 1.82) is 0 Å². The van der Waals surface area contributed by atoms with Crippen molar-refractivity contribution in [3.63, 3.8) is 0 Å². The zero-order chi connectivity index (χ0) is 14.5. The van der Waals surface area contributed by atoms with Gasteiger partial charge in [-0.1, -0.05) is 0 Å². The highest BCUT2D eigenvalue weighted by molar-refractivity contribution is 6.07. The Kier molecular flexibility index (Phi) is 4.42. The average Bonchev–Trinajstić information content (AvgIpc) is 2.89. The van der Waals surface area contributed by atoms with E-state index in [9.17, 15) is 4.79 Å². The first-order valence-corrected chi connectivity index (χ1v) is 6.30. The minimum absolute atomic E-state index is 0.220. The van der Waals surface area contributed by atoms with Crippen molar-refractivity contribution < 1.29 is 18.7 Å². The van der Waals surface area contributed by atoms with Gasteiger partial charge in [0.1, 0.15) is 18.1 Å². The van der Waals surface area contributed by atoms with Gasteiger partial charge in [0.15, 0.2) is 5.76 Å². The molecule has 2 N–H and O–H groups in total. The Balaban J connectivity index is 2.21. The van der Waals surface area contributed by atoms with Crippen LogP contribution in [0.1, 0.15) is 28.8 Å². The van der Waals surface area contributed by atoms with Crippen molar-refractivity contribution in [2.24, 2.45) is 0 Å². The zero-order valence-corrected chi connectivity index (χ0v) is 11.5. The Morgan fingerprint density at radius 3 is 2.75 bits per heavy atom. The van der Waals surface area contributed by atoms with Gasteiger partial charge in [-0.05, 0) is 37.3 Å². The molecule has 1 heterocycles. The first-order valence-electron chi connectivity index (χ1n) is 6.30. The molecule has 0 unspecified atom stereocenters. The second kappa shape index (κ2) is 6.25. The fourth-order valence-corrected chi connectivity index (χ4v) is 1.84. The lowest BCUT2D eigenvalue weighted by molar-refractivity contribution is 0.1000. The number of hydrogen-bond donors (Lipinski definition) is 1. The summed E-state index contributed by atoms with van der Waals surface area (Å²) in [5.41, 5.74) is 6.74. The van der Waals surface area contributed by atoms with Crippen LogP contribution in [0.2, 0.25) is 0 Å². The number of carbonyl (C=O) groups is 1. The molecule has 0 aliphatic heterocycles. The normalized spacial score (nSPS) is 10.5. The van der Waals surface area contributed by atoms with Crippen molar-refractivity contribution in [2.45, 2.75) is 13.5 Å². The highest BCUT2D eigenvalue weighted by atomic mass is 16.5. The number of nitrogens with two attached hydrogens (primary N) is 1. The summed E-state index contributed by atoms with van der Waals surface area (Å²) in [6, 6.07) is 8.29. The second-order valence-electron chi connectivity index (χ2n) is 4.21. The van der Waals surface area contributed by atoms with Crippen LogP contribution in [0.3, 0.4) is 0 Å². The lowest BCUT2D eigenvalue weighted by Crippen LogP contribution is -2.03. The molecule has 0 aliphatic carbocycles. The molecule has 20 heavy (non-hydrogen) atoms. The predicted molar refractivity (Wildman–Crippen MR) is 74.9 cm³/mol. The first-order chi connectivity index (χ1) is 9.65. The second-order valence-corrected chi connectivity index (χ2v) is 4.21. The number of carbonyl (C=O) groups excluding carboxylic acids is 1. The van der Waals surface area contributed by atoms with E-state index in [1.165, 1.54) is 0 Å². The van der Waals surface area contributed by atoms with Gasteiger partial charge in [0.05, 0.1) is 12.3 Å². The molecule has 0 radical (unpaired) electrons. The highest BCUT2D eigenvalue weighted by Gasteiger charge is 2.15. The van der Waals surface area contributed by atoms with Crippen molar-refractivity contribution in [1.82, 2.24) is 0 Å². The Morgan fingerprint density at radius 2 is 2.10 bits per heavy atom. The van der Waals surface area contributed by atoms with Gasteiger partial charge in [0, 0.05) is 12.7 Å². The van der Waals surface area contributed by atoms with Crippen LogP contribution >= 0.6 is 0 Å². The van der Waals surface area contributed by atoms with Crippen LogP contribution in [-0.4, -0.2) is 19.5 Å². The molecule has 1 aromatic carbocycles. The SMILES string of the molecule is CCOc1ccc(C(=O)c2ccc(COC)o2)cc1N. The molecule has 1 aromatic heterocycles. The van der Waals surface area contributed by atoms with E-state index in [-0.39, 0.29) is 11.5 Å². The van der Waals surface area contributed by atoms with Crippen molar-refractivity contribution in [3.8, 4) is 5.75 Å². The highest BCUT2D eigenvalue weighted by Crippen LogP contribution is 2.24. The van der Waals surface area contributed by atoms with Crippen LogP contribution in [0.25, 0.3) is 0 Å². The molecule has 5 nitrogen and oxygen atoms in total. The van der Waals surface area contributed by atoms with Gasteiger partial charge in [0.25, 0.3) is 0 Å². The lowest BCUT2D eigenvalue weighted by Gasteiger charge is -2.07. The molecule has 0 spiro atoms. The largest absolute Gasteiger partial charge is 0.492 e. The Morgan fingerprint density at radius 1 is 1.30 bits per heavy atom. The zero-order valence-electron chi connectivity index (χ0n) is 11.5. The van der Waals surface area contributed by atoms with Gasteiger partial charge >= 0.3 is 0 Å². The van der Waals surface area contributed by atoms with Gasteiger partial charge < -0.3 is 19.6 Å². The van der Waals surface area contributed by atoms with E-state index in [0.717, 1.165) is 0 Å². The van der Waals surface area contributed by atoms with Gasteiger partial charge in [-0.2, -0.15) is 0 Å². The molecule has 0 amide bonds. The summed E-state index contributed by atoms with van der Waals surface area (Å²) in [7, 11) is 1.57. The van der Waals surface area contributed by atoms with Gasteiger partial charge in [-0.25, -0.2) is 0 Å². The number of rotatable bonds is 6.